The van der Waals surface area contributed by atoms with Gasteiger partial charge in [0.2, 0.25) is 15.9 Å². The minimum atomic E-state index is -4.73. The Labute approximate surface area is 221 Å². The third-order valence-electron chi connectivity index (χ3n) is 7.01. The largest absolute Gasteiger partial charge is 0.522 e. The minimum Gasteiger partial charge on any atom is -0.351 e. The van der Waals surface area contributed by atoms with Crippen LogP contribution in [0.1, 0.15) is 43.6 Å². The zero-order valence-corrected chi connectivity index (χ0v) is 21.6. The van der Waals surface area contributed by atoms with Crippen molar-refractivity contribution in [2.24, 2.45) is 0 Å². The van der Waals surface area contributed by atoms with E-state index in [1.165, 1.54) is 13.0 Å². The Kier molecular flexibility index (Phi) is 7.26. The topological polar surface area (TPSA) is 105 Å². The van der Waals surface area contributed by atoms with Crippen LogP contribution in [0.15, 0.2) is 35.2 Å². The van der Waals surface area contributed by atoms with Crippen molar-refractivity contribution >= 4 is 21.7 Å². The SMILES string of the molecule is C[C@H]1[C@H](F)C[C@@H](C(=O)NCc2cc(N3CC(OC(F)(F)F)C3)nc(C3CC3)n2)N1S(=O)(=O)c1ccc(F)cc1. The molecule has 1 aromatic carbocycles. The molecule has 3 fully saturated rings. The number of anilines is 1. The molecule has 1 amide bonds. The van der Waals surface area contributed by atoms with Crippen LogP contribution in [0.4, 0.5) is 27.8 Å². The summed E-state index contributed by atoms with van der Waals surface area (Å²) in [7, 11) is -4.31. The molecule has 3 aliphatic rings. The third kappa shape index (κ3) is 5.99. The summed E-state index contributed by atoms with van der Waals surface area (Å²) in [5.74, 6) is -0.351. The van der Waals surface area contributed by atoms with Crippen LogP contribution in [0.2, 0.25) is 0 Å². The Hall–Kier alpha value is -2.91. The molecular formula is C24H26F5N5O4S. The van der Waals surface area contributed by atoms with Crippen LogP contribution in [0.3, 0.4) is 0 Å². The molecule has 1 N–H and O–H groups in total. The minimum absolute atomic E-state index is 0.0134. The van der Waals surface area contributed by atoms with E-state index < -0.39 is 52.5 Å². The van der Waals surface area contributed by atoms with Crippen molar-refractivity contribution in [2.45, 2.75) is 74.3 Å². The molecule has 1 saturated carbocycles. The molecule has 0 bridgehead atoms. The number of nitrogens with one attached hydrogen (secondary N) is 1. The van der Waals surface area contributed by atoms with E-state index in [-0.39, 0.29) is 36.9 Å². The number of halogens is 5. The van der Waals surface area contributed by atoms with Gasteiger partial charge in [-0.25, -0.2) is 27.2 Å². The molecule has 0 unspecified atom stereocenters. The number of hydrogen-bond donors (Lipinski definition) is 1. The van der Waals surface area contributed by atoms with Gasteiger partial charge in [-0.2, -0.15) is 4.31 Å². The fourth-order valence-corrected chi connectivity index (χ4v) is 6.57. The molecule has 0 spiro atoms. The molecule has 15 heteroatoms. The molecule has 3 heterocycles. The van der Waals surface area contributed by atoms with Crippen LogP contribution in [0.5, 0.6) is 0 Å². The Morgan fingerprint density at radius 1 is 1.15 bits per heavy atom. The zero-order chi connectivity index (χ0) is 28.1. The van der Waals surface area contributed by atoms with Gasteiger partial charge in [0.1, 0.15) is 35.8 Å². The van der Waals surface area contributed by atoms with Crippen LogP contribution in [-0.2, 0) is 26.1 Å². The van der Waals surface area contributed by atoms with E-state index in [0.29, 0.717) is 17.3 Å². The molecule has 0 radical (unpaired) electrons. The predicted molar refractivity (Wildman–Crippen MR) is 127 cm³/mol. The van der Waals surface area contributed by atoms with Crippen molar-refractivity contribution in [1.82, 2.24) is 19.6 Å². The monoisotopic (exact) mass is 575 g/mol. The second kappa shape index (κ2) is 10.2. The van der Waals surface area contributed by atoms with Crippen LogP contribution in [0.25, 0.3) is 0 Å². The number of sulfonamides is 1. The maximum atomic E-state index is 14.7. The van der Waals surface area contributed by atoms with Gasteiger partial charge in [-0.15, -0.1) is 13.2 Å². The van der Waals surface area contributed by atoms with Crippen LogP contribution in [0, 0.1) is 5.82 Å². The van der Waals surface area contributed by atoms with Gasteiger partial charge in [-0.05, 0) is 44.0 Å². The van der Waals surface area contributed by atoms with E-state index in [9.17, 15) is 35.2 Å². The average molecular weight is 576 g/mol. The number of aromatic nitrogens is 2. The van der Waals surface area contributed by atoms with E-state index >= 15 is 0 Å². The van der Waals surface area contributed by atoms with Crippen molar-refractivity contribution in [3.8, 4) is 0 Å². The van der Waals surface area contributed by atoms with E-state index in [1.54, 1.807) is 4.90 Å². The lowest BCUT2D eigenvalue weighted by Gasteiger charge is -2.40. The van der Waals surface area contributed by atoms with Gasteiger partial charge in [-0.3, -0.25) is 9.53 Å². The molecule has 1 aromatic heterocycles. The fourth-order valence-electron chi connectivity index (χ4n) is 4.76. The van der Waals surface area contributed by atoms with Gasteiger partial charge < -0.3 is 10.2 Å². The molecule has 2 aliphatic heterocycles. The second-order valence-electron chi connectivity index (χ2n) is 9.96. The molecular weight excluding hydrogens is 549 g/mol. The van der Waals surface area contributed by atoms with E-state index in [0.717, 1.165) is 41.4 Å². The number of alkyl halides is 4. The smallest absolute Gasteiger partial charge is 0.351 e. The summed E-state index contributed by atoms with van der Waals surface area (Å²) in [6.45, 7) is 1.21. The number of ether oxygens (including phenoxy) is 1. The summed E-state index contributed by atoms with van der Waals surface area (Å²) in [5.41, 5.74) is 0.381. The summed E-state index contributed by atoms with van der Waals surface area (Å²) < 4.78 is 96.8. The first-order chi connectivity index (χ1) is 18.3. The maximum absolute atomic E-state index is 14.7. The number of hydrogen-bond acceptors (Lipinski definition) is 7. The molecule has 2 saturated heterocycles. The third-order valence-corrected chi connectivity index (χ3v) is 9.02. The number of amides is 1. The first-order valence-electron chi connectivity index (χ1n) is 12.4. The van der Waals surface area contributed by atoms with Gasteiger partial charge in [-0.1, -0.05) is 0 Å². The highest BCUT2D eigenvalue weighted by molar-refractivity contribution is 7.89. The molecule has 3 atom stereocenters. The lowest BCUT2D eigenvalue weighted by molar-refractivity contribution is -0.344. The van der Waals surface area contributed by atoms with E-state index in [4.69, 9.17) is 0 Å². The number of nitrogens with zero attached hydrogens (tertiary/aromatic N) is 4. The van der Waals surface area contributed by atoms with Crippen LogP contribution < -0.4 is 10.2 Å². The van der Waals surface area contributed by atoms with Gasteiger partial charge in [0.25, 0.3) is 0 Å². The van der Waals surface area contributed by atoms with Gasteiger partial charge in [0.05, 0.1) is 23.2 Å². The summed E-state index contributed by atoms with van der Waals surface area (Å²) in [6.07, 6.45) is -5.97. The highest BCUT2D eigenvalue weighted by Gasteiger charge is 2.49. The second-order valence-corrected chi connectivity index (χ2v) is 11.8. The Balaban J connectivity index is 1.30. The summed E-state index contributed by atoms with van der Waals surface area (Å²) in [6, 6.07) is 3.12. The van der Waals surface area contributed by atoms with E-state index in [2.05, 4.69) is 20.0 Å². The van der Waals surface area contributed by atoms with E-state index in [1.807, 2.05) is 0 Å². The Bertz CT molecular complexity index is 1330. The highest BCUT2D eigenvalue weighted by atomic mass is 32.2. The van der Waals surface area contributed by atoms with Crippen molar-refractivity contribution in [3.05, 3.63) is 47.7 Å². The number of benzene rings is 1. The molecule has 212 valence electrons. The standard InChI is InChI=1S/C24H26F5N5O4S/c1-13-19(26)9-20(34(13)39(36,37)18-6-4-15(25)5-7-18)23(35)30-10-16-8-21(32-22(31-16)14-2-3-14)33-11-17(12-33)38-24(27,28)29/h4-8,13-14,17,19-20H,2-3,9-12H2,1H3,(H,30,35)/t13-,19+,20-/m0/s1. The summed E-state index contributed by atoms with van der Waals surface area (Å²) in [5, 5.41) is 2.62. The molecule has 39 heavy (non-hydrogen) atoms. The van der Waals surface area contributed by atoms with Gasteiger partial charge in [0.15, 0.2) is 0 Å². The maximum Gasteiger partial charge on any atom is 0.522 e. The lowest BCUT2D eigenvalue weighted by atomic mass is 10.1. The van der Waals surface area contributed by atoms with Gasteiger partial charge in [0, 0.05) is 31.5 Å². The lowest BCUT2D eigenvalue weighted by Crippen LogP contribution is -2.54. The quantitative estimate of drug-likeness (QED) is 0.483. The Morgan fingerprint density at radius 3 is 2.44 bits per heavy atom. The molecule has 5 rings (SSSR count). The fraction of sp³-hybridized carbons (Fsp3) is 0.542. The van der Waals surface area contributed by atoms with Crippen molar-refractivity contribution in [2.75, 3.05) is 18.0 Å². The number of carbonyl (C=O) groups is 1. The summed E-state index contributed by atoms with van der Waals surface area (Å²) in [4.78, 5) is 23.4. The summed E-state index contributed by atoms with van der Waals surface area (Å²) >= 11 is 0. The number of rotatable bonds is 8. The highest BCUT2D eigenvalue weighted by Crippen LogP contribution is 2.39. The first kappa shape index (κ1) is 27.6. The van der Waals surface area contributed by atoms with Crippen molar-refractivity contribution in [1.29, 1.82) is 0 Å². The van der Waals surface area contributed by atoms with Crippen LogP contribution in [-0.4, -0.2) is 72.4 Å². The van der Waals surface area contributed by atoms with Crippen LogP contribution >= 0.6 is 0 Å². The Morgan fingerprint density at radius 2 is 1.82 bits per heavy atom. The number of carbonyl (C=O) groups excluding carboxylic acids is 1. The van der Waals surface area contributed by atoms with Gasteiger partial charge >= 0.3 is 6.36 Å². The molecule has 2 aromatic rings. The zero-order valence-electron chi connectivity index (χ0n) is 20.7. The molecule has 9 nitrogen and oxygen atoms in total. The van der Waals surface area contributed by atoms with Crippen molar-refractivity contribution < 1.29 is 39.9 Å². The normalized spacial score (nSPS) is 24.6. The van der Waals surface area contributed by atoms with Crippen molar-refractivity contribution in [3.63, 3.8) is 0 Å². The average Bonchev–Trinajstić information content (AvgIpc) is 3.64. The first-order valence-corrected chi connectivity index (χ1v) is 13.8. The predicted octanol–water partition coefficient (Wildman–Crippen LogP) is 3.02. The molecule has 1 aliphatic carbocycles.